The molecular formula is C17H26N2O2. The van der Waals surface area contributed by atoms with Gasteiger partial charge in [-0.1, -0.05) is 44.9 Å². The lowest BCUT2D eigenvalue weighted by atomic mass is 9.96. The van der Waals surface area contributed by atoms with E-state index in [-0.39, 0.29) is 0 Å². The van der Waals surface area contributed by atoms with Crippen LogP contribution in [0.5, 0.6) is 0 Å². The summed E-state index contributed by atoms with van der Waals surface area (Å²) in [5.41, 5.74) is 4.55. The van der Waals surface area contributed by atoms with Crippen LogP contribution in [0.4, 0.5) is 0 Å². The molecular weight excluding hydrogens is 264 g/mol. The fourth-order valence-corrected chi connectivity index (χ4v) is 2.85. The molecule has 0 unspecified atom stereocenters. The van der Waals surface area contributed by atoms with Crippen LogP contribution in [-0.4, -0.2) is 10.3 Å². The third kappa shape index (κ3) is 3.20. The number of nitrogens with zero attached hydrogens (tertiary/aromatic N) is 2. The first kappa shape index (κ1) is 15.8. The second-order valence-corrected chi connectivity index (χ2v) is 6.25. The van der Waals surface area contributed by atoms with Crippen molar-refractivity contribution in [3.8, 4) is 0 Å². The molecule has 0 aromatic carbocycles. The van der Waals surface area contributed by atoms with Crippen molar-refractivity contribution >= 4 is 0 Å². The molecule has 2 heterocycles. The lowest BCUT2D eigenvalue weighted by Gasteiger charge is -2.06. The van der Waals surface area contributed by atoms with Gasteiger partial charge in [-0.15, -0.1) is 0 Å². The van der Waals surface area contributed by atoms with Crippen molar-refractivity contribution in [1.82, 2.24) is 10.3 Å². The molecule has 0 bridgehead atoms. The molecule has 0 saturated carbocycles. The monoisotopic (exact) mass is 290 g/mol. The number of aromatic nitrogens is 2. The van der Waals surface area contributed by atoms with Crippen molar-refractivity contribution in [1.29, 1.82) is 0 Å². The van der Waals surface area contributed by atoms with Crippen LogP contribution < -0.4 is 0 Å². The van der Waals surface area contributed by atoms with Gasteiger partial charge in [0.1, 0.15) is 11.5 Å². The van der Waals surface area contributed by atoms with E-state index >= 15 is 0 Å². The van der Waals surface area contributed by atoms with E-state index in [1.54, 1.807) is 0 Å². The fourth-order valence-electron chi connectivity index (χ4n) is 2.85. The minimum atomic E-state index is 0.370. The summed E-state index contributed by atoms with van der Waals surface area (Å²) in [7, 11) is 0. The molecule has 0 aliphatic rings. The lowest BCUT2D eigenvalue weighted by Crippen LogP contribution is -2.00. The molecule has 0 fully saturated rings. The summed E-state index contributed by atoms with van der Waals surface area (Å²) in [5.74, 6) is 2.79. The van der Waals surface area contributed by atoms with Crippen LogP contribution in [-0.2, 0) is 19.3 Å². The Morgan fingerprint density at radius 3 is 2.10 bits per heavy atom. The maximum atomic E-state index is 5.56. The number of hydrogen-bond acceptors (Lipinski definition) is 4. The molecule has 4 nitrogen and oxygen atoms in total. The van der Waals surface area contributed by atoms with E-state index in [0.29, 0.717) is 11.8 Å². The maximum absolute atomic E-state index is 5.56. The van der Waals surface area contributed by atoms with Crippen LogP contribution in [0.2, 0.25) is 0 Å². The first-order chi connectivity index (χ1) is 9.95. The molecule has 0 atom stereocenters. The first-order valence-electron chi connectivity index (χ1n) is 7.88. The highest BCUT2D eigenvalue weighted by Crippen LogP contribution is 2.27. The molecule has 0 saturated heterocycles. The van der Waals surface area contributed by atoms with Gasteiger partial charge < -0.3 is 9.05 Å². The summed E-state index contributed by atoms with van der Waals surface area (Å²) in [5, 5.41) is 8.42. The van der Waals surface area contributed by atoms with Gasteiger partial charge in [0.15, 0.2) is 0 Å². The van der Waals surface area contributed by atoms with Crippen molar-refractivity contribution in [3.05, 3.63) is 34.0 Å². The Hall–Kier alpha value is -1.58. The molecule has 0 aliphatic carbocycles. The summed E-state index contributed by atoms with van der Waals surface area (Å²) in [6.07, 6.45) is 2.57. The van der Waals surface area contributed by atoms with E-state index in [1.807, 2.05) is 0 Å². The maximum Gasteiger partial charge on any atom is 0.142 e. The summed E-state index contributed by atoms with van der Waals surface area (Å²) in [6.45, 7) is 12.8. The van der Waals surface area contributed by atoms with Crippen LogP contribution in [0, 0.1) is 6.92 Å². The Morgan fingerprint density at radius 2 is 1.57 bits per heavy atom. The molecule has 2 aromatic heterocycles. The van der Waals surface area contributed by atoms with Gasteiger partial charge in [-0.3, -0.25) is 0 Å². The standard InChI is InChI=1S/C17H26N2O2/c1-7-13-16(10(2)3)15(20-18-13)9-8-14-12(6)17(11(4)5)21-19-14/h10-11H,7-9H2,1-6H3. The fraction of sp³-hybridized carbons (Fsp3) is 0.647. The Morgan fingerprint density at radius 1 is 0.905 bits per heavy atom. The van der Waals surface area contributed by atoms with Crippen molar-refractivity contribution in [2.45, 2.75) is 72.6 Å². The highest BCUT2D eigenvalue weighted by atomic mass is 16.5. The summed E-state index contributed by atoms with van der Waals surface area (Å²) in [6, 6.07) is 0. The van der Waals surface area contributed by atoms with Gasteiger partial charge in [0.05, 0.1) is 11.4 Å². The Balaban J connectivity index is 2.15. The minimum absolute atomic E-state index is 0.370. The lowest BCUT2D eigenvalue weighted by molar-refractivity contribution is 0.360. The molecule has 2 aromatic rings. The van der Waals surface area contributed by atoms with Gasteiger partial charge in [0.2, 0.25) is 0 Å². The molecule has 0 aliphatic heterocycles. The largest absolute Gasteiger partial charge is 0.361 e. The Bertz CT molecular complexity index is 594. The highest BCUT2D eigenvalue weighted by Gasteiger charge is 2.20. The number of aryl methyl sites for hydroxylation is 3. The van der Waals surface area contributed by atoms with Gasteiger partial charge >= 0.3 is 0 Å². The van der Waals surface area contributed by atoms with Gasteiger partial charge in [0, 0.05) is 29.9 Å². The summed E-state index contributed by atoms with van der Waals surface area (Å²) >= 11 is 0. The average Bonchev–Trinajstić information content (AvgIpc) is 2.99. The molecule has 4 heteroatoms. The molecule has 0 spiro atoms. The normalized spacial score (nSPS) is 11.8. The van der Waals surface area contributed by atoms with Crippen molar-refractivity contribution < 1.29 is 9.05 Å². The number of rotatable bonds is 6. The van der Waals surface area contributed by atoms with Gasteiger partial charge in [-0.2, -0.15) is 0 Å². The zero-order valence-electron chi connectivity index (χ0n) is 14.0. The summed E-state index contributed by atoms with van der Waals surface area (Å²) < 4.78 is 11.0. The highest BCUT2D eigenvalue weighted by molar-refractivity contribution is 5.29. The minimum Gasteiger partial charge on any atom is -0.361 e. The SMILES string of the molecule is CCc1noc(CCc2noc(C(C)C)c2C)c1C(C)C. The Kier molecular flexibility index (Phi) is 4.86. The molecule has 0 radical (unpaired) electrons. The van der Waals surface area contributed by atoms with Crippen LogP contribution >= 0.6 is 0 Å². The number of hydrogen-bond donors (Lipinski definition) is 0. The first-order valence-corrected chi connectivity index (χ1v) is 7.88. The molecule has 21 heavy (non-hydrogen) atoms. The quantitative estimate of drug-likeness (QED) is 0.782. The van der Waals surface area contributed by atoms with Crippen LogP contribution in [0.1, 0.15) is 80.5 Å². The van der Waals surface area contributed by atoms with Crippen LogP contribution in [0.25, 0.3) is 0 Å². The average molecular weight is 290 g/mol. The van der Waals surface area contributed by atoms with Crippen molar-refractivity contribution in [2.75, 3.05) is 0 Å². The van der Waals surface area contributed by atoms with Gasteiger partial charge in [0.25, 0.3) is 0 Å². The van der Waals surface area contributed by atoms with Crippen LogP contribution in [0.15, 0.2) is 9.05 Å². The van der Waals surface area contributed by atoms with E-state index in [4.69, 9.17) is 9.05 Å². The molecule has 2 rings (SSSR count). The van der Waals surface area contributed by atoms with Gasteiger partial charge in [-0.25, -0.2) is 0 Å². The van der Waals surface area contributed by atoms with E-state index in [0.717, 1.165) is 42.2 Å². The van der Waals surface area contributed by atoms with E-state index in [2.05, 4.69) is 51.9 Å². The second kappa shape index (κ2) is 6.46. The zero-order valence-corrected chi connectivity index (χ0v) is 14.0. The van der Waals surface area contributed by atoms with E-state index in [9.17, 15) is 0 Å². The van der Waals surface area contributed by atoms with E-state index in [1.165, 1.54) is 11.1 Å². The van der Waals surface area contributed by atoms with Crippen molar-refractivity contribution in [2.24, 2.45) is 0 Å². The molecule has 116 valence electrons. The van der Waals surface area contributed by atoms with Gasteiger partial charge in [-0.05, 0) is 19.3 Å². The summed E-state index contributed by atoms with van der Waals surface area (Å²) in [4.78, 5) is 0. The molecule has 0 N–H and O–H groups in total. The second-order valence-electron chi connectivity index (χ2n) is 6.25. The zero-order chi connectivity index (χ0) is 15.6. The Labute approximate surface area is 126 Å². The predicted molar refractivity (Wildman–Crippen MR) is 82.7 cm³/mol. The third-order valence-corrected chi connectivity index (χ3v) is 3.96. The molecule has 0 amide bonds. The third-order valence-electron chi connectivity index (χ3n) is 3.96. The smallest absolute Gasteiger partial charge is 0.142 e. The van der Waals surface area contributed by atoms with E-state index < -0.39 is 0 Å². The van der Waals surface area contributed by atoms with Crippen LogP contribution in [0.3, 0.4) is 0 Å². The van der Waals surface area contributed by atoms with Crippen molar-refractivity contribution in [3.63, 3.8) is 0 Å². The predicted octanol–water partition coefficient (Wildman–Crippen LogP) is 4.57. The topological polar surface area (TPSA) is 52.1 Å².